The number of halogens is 1. The Balaban J connectivity index is 1.54. The van der Waals surface area contributed by atoms with E-state index in [2.05, 4.69) is 107 Å². The van der Waals surface area contributed by atoms with Crippen molar-refractivity contribution in [1.29, 1.82) is 0 Å². The van der Waals surface area contributed by atoms with Gasteiger partial charge in [0.25, 0.3) is 0 Å². The lowest BCUT2D eigenvalue weighted by atomic mass is 9.66. The molecule has 194 valence electrons. The third-order valence-electron chi connectivity index (χ3n) is 9.12. The largest absolute Gasteiger partial charge is 0.218 e. The van der Waals surface area contributed by atoms with E-state index in [1.807, 2.05) is 30.3 Å². The summed E-state index contributed by atoms with van der Waals surface area (Å²) >= 11 is 3.80. The molecule has 0 fully saturated rings. The van der Waals surface area contributed by atoms with Crippen LogP contribution in [-0.4, -0.2) is 8.42 Å². The van der Waals surface area contributed by atoms with Crippen LogP contribution in [0.15, 0.2) is 142 Å². The lowest BCUT2D eigenvalue weighted by Crippen LogP contribution is -2.29. The van der Waals surface area contributed by atoms with Crippen LogP contribution in [0.4, 0.5) is 0 Å². The van der Waals surface area contributed by atoms with Gasteiger partial charge in [0.1, 0.15) is 0 Å². The quantitative estimate of drug-likeness (QED) is 0.172. The molecular weight excluding hydrogens is 588 g/mol. The Bertz CT molecular complexity index is 2250. The summed E-state index contributed by atoms with van der Waals surface area (Å²) in [6.07, 6.45) is 0. The van der Waals surface area contributed by atoms with Crippen LogP contribution in [0.3, 0.4) is 0 Å². The molecule has 0 saturated heterocycles. The van der Waals surface area contributed by atoms with Gasteiger partial charge in [0.15, 0.2) is 0 Å². The van der Waals surface area contributed by atoms with Gasteiger partial charge in [-0.1, -0.05) is 125 Å². The van der Waals surface area contributed by atoms with Gasteiger partial charge in [-0.15, -0.1) is 0 Å². The molecule has 2 nitrogen and oxygen atoms in total. The number of hydrogen-bond donors (Lipinski definition) is 0. The van der Waals surface area contributed by atoms with E-state index in [4.69, 9.17) is 0 Å². The van der Waals surface area contributed by atoms with Crippen molar-refractivity contribution in [2.75, 3.05) is 0 Å². The standard InChI is InChI=1S/C37H21BrO2S/c38-22-17-18-26-24-10-2-1-9-23(24)25-11-3-6-14-30(25)37(33(26)21-22)31-15-7-4-13-29(31)35-32(37)20-19-28-27-12-5-8-16-34(27)41(39,40)36(28)35/h1-21H. The molecule has 41 heavy (non-hydrogen) atoms. The summed E-state index contributed by atoms with van der Waals surface area (Å²) in [5.41, 5.74) is 11.7. The van der Waals surface area contributed by atoms with E-state index in [1.165, 1.54) is 11.1 Å². The molecule has 1 atom stereocenters. The summed E-state index contributed by atoms with van der Waals surface area (Å²) < 4.78 is 29.6. The third-order valence-corrected chi connectivity index (χ3v) is 11.5. The van der Waals surface area contributed by atoms with Gasteiger partial charge in [0, 0.05) is 21.2 Å². The van der Waals surface area contributed by atoms with E-state index in [0.29, 0.717) is 9.79 Å². The first-order chi connectivity index (χ1) is 20.0. The average molecular weight is 610 g/mol. The molecule has 3 aliphatic rings. The molecular formula is C37H21BrO2S. The van der Waals surface area contributed by atoms with E-state index in [1.54, 1.807) is 6.07 Å². The second-order valence-corrected chi connectivity index (χ2v) is 13.7. The van der Waals surface area contributed by atoms with E-state index < -0.39 is 15.3 Å². The second-order valence-electron chi connectivity index (χ2n) is 10.9. The van der Waals surface area contributed by atoms with E-state index in [9.17, 15) is 8.42 Å². The molecule has 0 radical (unpaired) electrons. The Hall–Kier alpha value is -4.25. The van der Waals surface area contributed by atoms with Crippen molar-refractivity contribution in [1.82, 2.24) is 0 Å². The van der Waals surface area contributed by atoms with Crippen LogP contribution in [-0.2, 0) is 15.3 Å². The molecule has 0 N–H and O–H groups in total. The number of rotatable bonds is 0. The van der Waals surface area contributed by atoms with Crippen LogP contribution < -0.4 is 0 Å². The molecule has 6 aromatic carbocycles. The number of hydrogen-bond acceptors (Lipinski definition) is 2. The minimum absolute atomic E-state index is 0.388. The highest BCUT2D eigenvalue weighted by Gasteiger charge is 2.52. The van der Waals surface area contributed by atoms with Crippen LogP contribution in [0.1, 0.15) is 22.3 Å². The summed E-state index contributed by atoms with van der Waals surface area (Å²) in [4.78, 5) is 0.815. The van der Waals surface area contributed by atoms with Crippen molar-refractivity contribution in [3.63, 3.8) is 0 Å². The molecule has 9 rings (SSSR count). The van der Waals surface area contributed by atoms with Crippen LogP contribution >= 0.6 is 15.9 Å². The van der Waals surface area contributed by atoms with Crippen molar-refractivity contribution >= 4 is 25.8 Å². The number of fused-ring (bicyclic) bond motifs is 16. The maximum Gasteiger partial charge on any atom is 0.208 e. The first kappa shape index (κ1) is 23.5. The van der Waals surface area contributed by atoms with Crippen molar-refractivity contribution in [3.8, 4) is 44.5 Å². The maximum absolute atomic E-state index is 14.3. The van der Waals surface area contributed by atoms with E-state index in [0.717, 1.165) is 60.1 Å². The Morgan fingerprint density at radius 1 is 0.463 bits per heavy atom. The average Bonchev–Trinajstić information content (AvgIpc) is 3.39. The van der Waals surface area contributed by atoms with Crippen LogP contribution in [0.25, 0.3) is 44.5 Å². The zero-order valence-corrected chi connectivity index (χ0v) is 24.1. The van der Waals surface area contributed by atoms with Gasteiger partial charge >= 0.3 is 0 Å². The fourth-order valence-electron chi connectivity index (χ4n) is 7.65. The first-order valence-electron chi connectivity index (χ1n) is 13.6. The predicted octanol–water partition coefficient (Wildman–Crippen LogP) is 9.27. The molecule has 1 unspecified atom stereocenters. The summed E-state index contributed by atoms with van der Waals surface area (Å²) in [5.74, 6) is 0. The fourth-order valence-corrected chi connectivity index (χ4v) is 9.91. The molecule has 4 heteroatoms. The Kier molecular flexibility index (Phi) is 4.54. The van der Waals surface area contributed by atoms with Gasteiger partial charge in [-0.2, -0.15) is 0 Å². The molecule has 1 heterocycles. The minimum atomic E-state index is -3.72. The fraction of sp³-hybridized carbons (Fsp3) is 0.0270. The van der Waals surface area contributed by atoms with Crippen LogP contribution in [0, 0.1) is 0 Å². The monoisotopic (exact) mass is 608 g/mol. The van der Waals surface area contributed by atoms with Gasteiger partial charge in [-0.25, -0.2) is 8.42 Å². The predicted molar refractivity (Wildman–Crippen MR) is 167 cm³/mol. The zero-order valence-electron chi connectivity index (χ0n) is 21.7. The summed E-state index contributed by atoms with van der Waals surface area (Å²) in [6.45, 7) is 0. The summed E-state index contributed by atoms with van der Waals surface area (Å²) in [5, 5.41) is 0. The normalized spacial score (nSPS) is 17.9. The van der Waals surface area contributed by atoms with E-state index >= 15 is 0 Å². The van der Waals surface area contributed by atoms with Gasteiger partial charge in [-0.05, 0) is 68.3 Å². The SMILES string of the molecule is O=S1(=O)c2ccccc2-c2ccc3c(c21)-c1ccccc1C31c2ccccc2-c2ccccc2-c2ccc(Br)cc21. The third kappa shape index (κ3) is 2.75. The summed E-state index contributed by atoms with van der Waals surface area (Å²) in [7, 11) is -3.72. The Morgan fingerprint density at radius 3 is 1.73 bits per heavy atom. The topological polar surface area (TPSA) is 34.1 Å². The Morgan fingerprint density at radius 2 is 1.00 bits per heavy atom. The van der Waals surface area contributed by atoms with Gasteiger partial charge in [0.2, 0.25) is 9.84 Å². The van der Waals surface area contributed by atoms with Gasteiger partial charge in [-0.3, -0.25) is 0 Å². The van der Waals surface area contributed by atoms with Crippen molar-refractivity contribution in [2.24, 2.45) is 0 Å². The molecule has 6 aromatic rings. The smallest absolute Gasteiger partial charge is 0.208 e. The van der Waals surface area contributed by atoms with Gasteiger partial charge in [0.05, 0.1) is 15.2 Å². The second kappa shape index (κ2) is 7.94. The molecule has 0 aromatic heterocycles. The molecule has 1 spiro atoms. The lowest BCUT2D eigenvalue weighted by molar-refractivity contribution is 0.599. The van der Waals surface area contributed by atoms with Crippen molar-refractivity contribution in [2.45, 2.75) is 15.2 Å². The molecule has 1 aliphatic heterocycles. The van der Waals surface area contributed by atoms with Crippen molar-refractivity contribution in [3.05, 3.63) is 154 Å². The lowest BCUT2D eigenvalue weighted by Gasteiger charge is -2.35. The molecule has 0 saturated carbocycles. The molecule has 2 aliphatic carbocycles. The highest BCUT2D eigenvalue weighted by atomic mass is 79.9. The van der Waals surface area contributed by atoms with Crippen LogP contribution in [0.2, 0.25) is 0 Å². The Labute approximate surface area is 247 Å². The highest BCUT2D eigenvalue weighted by Crippen LogP contribution is 2.64. The zero-order chi connectivity index (χ0) is 27.5. The highest BCUT2D eigenvalue weighted by molar-refractivity contribution is 9.10. The first-order valence-corrected chi connectivity index (χ1v) is 15.9. The maximum atomic E-state index is 14.3. The van der Waals surface area contributed by atoms with Gasteiger partial charge < -0.3 is 0 Å². The molecule has 0 bridgehead atoms. The van der Waals surface area contributed by atoms with E-state index in [-0.39, 0.29) is 0 Å². The minimum Gasteiger partial charge on any atom is -0.218 e. The summed E-state index contributed by atoms with van der Waals surface area (Å²) in [6, 6.07) is 43.7. The van der Waals surface area contributed by atoms with Crippen LogP contribution in [0.5, 0.6) is 0 Å². The van der Waals surface area contributed by atoms with Crippen molar-refractivity contribution < 1.29 is 8.42 Å². The molecule has 0 amide bonds. The number of sulfone groups is 1. The number of benzene rings is 6.